The summed E-state index contributed by atoms with van der Waals surface area (Å²) in [5.41, 5.74) is 6.84. The third-order valence-corrected chi connectivity index (χ3v) is 3.22. The number of fused-ring (bicyclic) bond motifs is 1. The lowest BCUT2D eigenvalue weighted by Gasteiger charge is -2.12. The van der Waals surface area contributed by atoms with Gasteiger partial charge in [0.15, 0.2) is 11.3 Å². The fourth-order valence-electron chi connectivity index (χ4n) is 2.21. The van der Waals surface area contributed by atoms with Crippen LogP contribution in [-0.4, -0.2) is 65.9 Å². The molecule has 10 heteroatoms. The minimum atomic E-state index is -1.18. The first kappa shape index (κ1) is 14.6. The maximum absolute atomic E-state index is 9.95. The van der Waals surface area contributed by atoms with Crippen LogP contribution in [0.1, 0.15) is 11.8 Å². The highest BCUT2D eigenvalue weighted by Crippen LogP contribution is 2.35. The van der Waals surface area contributed by atoms with E-state index in [0.717, 1.165) is 0 Å². The fraction of sp³-hybridized carbons (Fsp3) is 0.500. The smallest absolute Gasteiger partial charge is 0.155 e. The van der Waals surface area contributed by atoms with Crippen molar-refractivity contribution >= 4 is 16.9 Å². The molecule has 10 nitrogen and oxygen atoms in total. The molecule has 0 bridgehead atoms. The Morgan fingerprint density at radius 2 is 2.00 bits per heavy atom. The van der Waals surface area contributed by atoms with E-state index >= 15 is 0 Å². The van der Waals surface area contributed by atoms with Crippen molar-refractivity contribution in [2.24, 2.45) is 0 Å². The van der Waals surface area contributed by atoms with Gasteiger partial charge in [0, 0.05) is 0 Å². The van der Waals surface area contributed by atoms with E-state index in [9.17, 15) is 10.2 Å². The number of aromatic nitrogens is 4. The molecule has 0 aromatic carbocycles. The number of aliphatic hydroxyl groups is 3. The lowest BCUT2D eigenvalue weighted by Crippen LogP contribution is -2.32. The monoisotopic (exact) mass is 285 g/mol. The number of ether oxygens (including phenoxy) is 1. The Hall–Kier alpha value is -1.85. The van der Waals surface area contributed by atoms with Gasteiger partial charge in [-0.05, 0) is 0 Å². The number of rotatable bonds is 2. The van der Waals surface area contributed by atoms with Crippen molar-refractivity contribution < 1.29 is 25.5 Å². The van der Waals surface area contributed by atoms with E-state index in [-0.39, 0.29) is 11.3 Å². The summed E-state index contributed by atoms with van der Waals surface area (Å²) in [4.78, 5) is 7.84. The third-order valence-electron chi connectivity index (χ3n) is 3.22. The summed E-state index contributed by atoms with van der Waals surface area (Å²) < 4.78 is 5.40. The Labute approximate surface area is 112 Å². The first-order valence-corrected chi connectivity index (χ1v) is 5.70. The van der Waals surface area contributed by atoms with Crippen molar-refractivity contribution in [2.45, 2.75) is 24.4 Å². The van der Waals surface area contributed by atoms with E-state index in [1.54, 1.807) is 0 Å². The van der Waals surface area contributed by atoms with Crippen LogP contribution in [0.2, 0.25) is 0 Å². The van der Waals surface area contributed by atoms with E-state index in [1.807, 2.05) is 0 Å². The van der Waals surface area contributed by atoms with E-state index < -0.39 is 31.0 Å². The molecule has 0 spiro atoms. The van der Waals surface area contributed by atoms with Crippen LogP contribution in [0.4, 0.5) is 5.82 Å². The highest BCUT2D eigenvalue weighted by Gasteiger charge is 2.44. The zero-order valence-electron chi connectivity index (χ0n) is 10.3. The first-order chi connectivity index (χ1) is 9.13. The summed E-state index contributed by atoms with van der Waals surface area (Å²) in [5.74, 6) is 0.208. The summed E-state index contributed by atoms with van der Waals surface area (Å²) >= 11 is 0. The Kier molecular flexibility index (Phi) is 3.83. The molecule has 1 fully saturated rings. The number of anilines is 1. The van der Waals surface area contributed by atoms with Crippen molar-refractivity contribution in [3.05, 3.63) is 12.0 Å². The fourth-order valence-corrected chi connectivity index (χ4v) is 2.21. The van der Waals surface area contributed by atoms with Gasteiger partial charge in [0.2, 0.25) is 0 Å². The van der Waals surface area contributed by atoms with E-state index in [2.05, 4.69) is 20.2 Å². The maximum Gasteiger partial charge on any atom is 0.155 e. The molecule has 1 aliphatic rings. The average molecular weight is 285 g/mol. The van der Waals surface area contributed by atoms with Crippen molar-refractivity contribution in [3.8, 4) is 0 Å². The highest BCUT2D eigenvalue weighted by molar-refractivity contribution is 5.85. The number of aliphatic hydroxyl groups excluding tert-OH is 3. The Balaban J connectivity index is 0.00000147. The number of nitrogen functional groups attached to an aromatic ring is 1. The van der Waals surface area contributed by atoms with Gasteiger partial charge in [-0.1, -0.05) is 0 Å². The second-order valence-electron chi connectivity index (χ2n) is 4.35. The molecule has 4 atom stereocenters. The average Bonchev–Trinajstić information content (AvgIpc) is 2.94. The first-order valence-electron chi connectivity index (χ1n) is 5.70. The van der Waals surface area contributed by atoms with Crippen molar-refractivity contribution in [3.63, 3.8) is 0 Å². The van der Waals surface area contributed by atoms with Crippen LogP contribution >= 0.6 is 0 Å². The summed E-state index contributed by atoms with van der Waals surface area (Å²) in [6.45, 7) is -0.391. The summed E-state index contributed by atoms with van der Waals surface area (Å²) in [6, 6.07) is 0. The molecule has 2 aromatic rings. The minimum absolute atomic E-state index is 0. The van der Waals surface area contributed by atoms with Crippen LogP contribution in [0.5, 0.6) is 0 Å². The van der Waals surface area contributed by atoms with Crippen LogP contribution in [-0.2, 0) is 4.74 Å². The summed E-state index contributed by atoms with van der Waals surface area (Å²) in [6.07, 6.45) is -2.79. The lowest BCUT2D eigenvalue weighted by atomic mass is 10.1. The Morgan fingerprint density at radius 3 is 2.65 bits per heavy atom. The standard InChI is InChI=1S/C10H13N5O4.H2O/c11-10-6-4(12-2-13-10)5(14-15-6)9-8(18)7(17)3(1-16)19-9;/h2-3,7-9,16-18H,1H2,(H,14,15)(H2,11,12,13);1H2. The van der Waals surface area contributed by atoms with E-state index in [1.165, 1.54) is 6.33 Å². The Bertz CT molecular complexity index is 605. The van der Waals surface area contributed by atoms with Gasteiger partial charge in [-0.3, -0.25) is 5.10 Å². The molecule has 3 heterocycles. The van der Waals surface area contributed by atoms with Crippen LogP contribution in [0.25, 0.3) is 11.0 Å². The predicted octanol–water partition coefficient (Wildman–Crippen LogP) is -2.74. The van der Waals surface area contributed by atoms with Crippen LogP contribution in [0.15, 0.2) is 6.33 Å². The van der Waals surface area contributed by atoms with Gasteiger partial charge >= 0.3 is 0 Å². The van der Waals surface area contributed by atoms with Gasteiger partial charge in [0.05, 0.1) is 12.3 Å². The lowest BCUT2D eigenvalue weighted by molar-refractivity contribution is -0.0236. The third kappa shape index (κ3) is 1.99. The van der Waals surface area contributed by atoms with Gasteiger partial charge in [-0.15, -0.1) is 0 Å². The molecular weight excluding hydrogens is 270 g/mol. The van der Waals surface area contributed by atoms with E-state index in [0.29, 0.717) is 16.7 Å². The number of aromatic amines is 1. The van der Waals surface area contributed by atoms with Crippen molar-refractivity contribution in [2.75, 3.05) is 12.3 Å². The molecule has 0 amide bonds. The van der Waals surface area contributed by atoms with Gasteiger partial charge in [-0.25, -0.2) is 9.97 Å². The van der Waals surface area contributed by atoms with Crippen LogP contribution < -0.4 is 5.73 Å². The minimum Gasteiger partial charge on any atom is -0.412 e. The van der Waals surface area contributed by atoms with Crippen LogP contribution in [0, 0.1) is 0 Å². The van der Waals surface area contributed by atoms with Gasteiger partial charge in [-0.2, -0.15) is 5.10 Å². The number of nitrogens with two attached hydrogens (primary N) is 1. The summed E-state index contributed by atoms with van der Waals surface area (Å²) in [7, 11) is 0. The molecule has 3 rings (SSSR count). The number of nitrogens with zero attached hydrogens (tertiary/aromatic N) is 3. The topological polar surface area (TPSA) is 182 Å². The maximum atomic E-state index is 9.95. The molecule has 20 heavy (non-hydrogen) atoms. The molecule has 8 N–H and O–H groups in total. The number of nitrogens with one attached hydrogen (secondary N) is 1. The zero-order chi connectivity index (χ0) is 13.6. The van der Waals surface area contributed by atoms with Crippen molar-refractivity contribution in [1.29, 1.82) is 0 Å². The molecule has 0 saturated carbocycles. The molecule has 1 aliphatic heterocycles. The molecule has 4 unspecified atom stereocenters. The molecular formula is C10H15N5O5. The van der Waals surface area contributed by atoms with E-state index in [4.69, 9.17) is 15.6 Å². The van der Waals surface area contributed by atoms with Crippen LogP contribution in [0.3, 0.4) is 0 Å². The quantitative estimate of drug-likeness (QED) is 0.393. The molecule has 2 aromatic heterocycles. The predicted molar refractivity (Wildman–Crippen MR) is 66.4 cm³/mol. The molecule has 0 radical (unpaired) electrons. The molecule has 1 saturated heterocycles. The normalized spacial score (nSPS) is 29.6. The summed E-state index contributed by atoms with van der Waals surface area (Å²) in [5, 5.41) is 35.4. The number of hydrogen-bond donors (Lipinski definition) is 5. The van der Waals surface area contributed by atoms with Gasteiger partial charge in [0.25, 0.3) is 0 Å². The van der Waals surface area contributed by atoms with Gasteiger partial charge < -0.3 is 31.3 Å². The SMILES string of the molecule is Nc1ncnc2c(C3OC(CO)C(O)C3O)[nH]nc12.O. The zero-order valence-corrected chi connectivity index (χ0v) is 10.3. The van der Waals surface area contributed by atoms with Gasteiger partial charge in [0.1, 0.15) is 36.3 Å². The molecule has 0 aliphatic carbocycles. The van der Waals surface area contributed by atoms with Crippen molar-refractivity contribution in [1.82, 2.24) is 20.2 Å². The largest absolute Gasteiger partial charge is 0.412 e. The second-order valence-corrected chi connectivity index (χ2v) is 4.35. The highest BCUT2D eigenvalue weighted by atomic mass is 16.6. The number of hydrogen-bond acceptors (Lipinski definition) is 8. The molecule has 110 valence electrons. The number of H-pyrrole nitrogens is 1. The Morgan fingerprint density at radius 1 is 1.25 bits per heavy atom. The second kappa shape index (κ2) is 5.26.